The van der Waals surface area contributed by atoms with E-state index in [-0.39, 0.29) is 16.1 Å². The van der Waals surface area contributed by atoms with Crippen LogP contribution in [0, 0.1) is 0 Å². The molecule has 0 atom stereocenters. The summed E-state index contributed by atoms with van der Waals surface area (Å²) in [4.78, 5) is 11.5. The second-order valence-corrected chi connectivity index (χ2v) is 7.11. The van der Waals surface area contributed by atoms with Crippen LogP contribution in [0.15, 0.2) is 29.2 Å². The Hall–Kier alpha value is -0.920. The molecule has 21 heavy (non-hydrogen) atoms. The maximum atomic E-state index is 12.5. The monoisotopic (exact) mass is 376 g/mol. The summed E-state index contributed by atoms with van der Waals surface area (Å²) in [6.07, 6.45) is 1.55. The lowest BCUT2D eigenvalue weighted by Crippen LogP contribution is -2.32. The first kappa shape index (κ1) is 18.1. The minimum absolute atomic E-state index is 0.177. The van der Waals surface area contributed by atoms with Crippen LogP contribution in [-0.4, -0.2) is 37.0 Å². The highest BCUT2D eigenvalue weighted by Gasteiger charge is 2.22. The van der Waals surface area contributed by atoms with E-state index in [1.54, 1.807) is 12.1 Å². The smallest absolute Gasteiger partial charge is 0.243 e. The fourth-order valence-corrected chi connectivity index (χ4v) is 3.67. The van der Waals surface area contributed by atoms with Crippen molar-refractivity contribution in [1.29, 1.82) is 0 Å². The third kappa shape index (κ3) is 5.09. The van der Waals surface area contributed by atoms with Gasteiger partial charge in [-0.1, -0.05) is 29.8 Å². The van der Waals surface area contributed by atoms with Gasteiger partial charge in [0.25, 0.3) is 0 Å². The Morgan fingerprint density at radius 2 is 1.67 bits per heavy atom. The highest BCUT2D eigenvalue weighted by molar-refractivity contribution is 9.09. The summed E-state index contributed by atoms with van der Waals surface area (Å²) in [7, 11) is -3.46. The molecule has 0 aromatic heterocycles. The van der Waals surface area contributed by atoms with Crippen LogP contribution < -0.4 is 5.32 Å². The van der Waals surface area contributed by atoms with Gasteiger partial charge in [0.2, 0.25) is 15.9 Å². The van der Waals surface area contributed by atoms with E-state index in [4.69, 9.17) is 0 Å². The molecule has 1 aromatic carbocycles. The molecule has 0 spiro atoms. The number of anilines is 1. The van der Waals surface area contributed by atoms with Gasteiger partial charge in [-0.05, 0) is 37.1 Å². The Balaban J connectivity index is 2.95. The molecule has 7 heteroatoms. The van der Waals surface area contributed by atoms with Gasteiger partial charge >= 0.3 is 0 Å². The molecule has 0 bridgehead atoms. The lowest BCUT2D eigenvalue weighted by molar-refractivity contribution is -0.113. The molecule has 0 saturated carbocycles. The van der Waals surface area contributed by atoms with E-state index in [0.717, 1.165) is 12.8 Å². The van der Waals surface area contributed by atoms with Crippen molar-refractivity contribution in [2.24, 2.45) is 0 Å². The second kappa shape index (κ2) is 8.51. The molecule has 5 nitrogen and oxygen atoms in total. The maximum absolute atomic E-state index is 12.5. The lowest BCUT2D eigenvalue weighted by atomic mass is 10.3. The quantitative estimate of drug-likeness (QED) is 0.709. The van der Waals surface area contributed by atoms with Crippen molar-refractivity contribution in [3.8, 4) is 0 Å². The summed E-state index contributed by atoms with van der Waals surface area (Å²) in [5.41, 5.74) is 0.580. The van der Waals surface area contributed by atoms with Gasteiger partial charge in [0.1, 0.15) is 0 Å². The molecule has 0 saturated heterocycles. The van der Waals surface area contributed by atoms with Crippen molar-refractivity contribution in [1.82, 2.24) is 4.31 Å². The van der Waals surface area contributed by atoms with Crippen molar-refractivity contribution in [3.05, 3.63) is 24.3 Å². The van der Waals surface area contributed by atoms with Gasteiger partial charge in [-0.25, -0.2) is 8.42 Å². The van der Waals surface area contributed by atoms with Crippen LogP contribution in [-0.2, 0) is 14.8 Å². The third-order valence-corrected chi connectivity index (χ3v) is 5.27. The average Bonchev–Trinajstić information content (AvgIpc) is 2.47. The number of carbonyl (C=O) groups is 1. The molecule has 1 aromatic rings. The summed E-state index contributed by atoms with van der Waals surface area (Å²) in [6, 6.07) is 6.25. The summed E-state index contributed by atoms with van der Waals surface area (Å²) in [5.74, 6) is -0.177. The van der Waals surface area contributed by atoms with Crippen LogP contribution in [0.1, 0.15) is 26.7 Å². The highest BCUT2D eigenvalue weighted by atomic mass is 79.9. The number of rotatable bonds is 8. The Kier molecular flexibility index (Phi) is 7.34. The number of alkyl halides is 1. The Labute approximate surface area is 134 Å². The number of hydrogen-bond acceptors (Lipinski definition) is 3. The lowest BCUT2D eigenvalue weighted by Gasteiger charge is -2.21. The van der Waals surface area contributed by atoms with Crippen LogP contribution >= 0.6 is 15.9 Å². The van der Waals surface area contributed by atoms with E-state index in [2.05, 4.69) is 21.2 Å². The van der Waals surface area contributed by atoms with Gasteiger partial charge < -0.3 is 5.32 Å². The zero-order valence-electron chi connectivity index (χ0n) is 12.3. The zero-order valence-corrected chi connectivity index (χ0v) is 14.7. The van der Waals surface area contributed by atoms with Crippen molar-refractivity contribution < 1.29 is 13.2 Å². The van der Waals surface area contributed by atoms with Crippen molar-refractivity contribution in [2.45, 2.75) is 31.6 Å². The fraction of sp³-hybridized carbons (Fsp3) is 0.500. The van der Waals surface area contributed by atoms with E-state index in [1.807, 2.05) is 13.8 Å². The summed E-state index contributed by atoms with van der Waals surface area (Å²) >= 11 is 3.06. The zero-order chi connectivity index (χ0) is 15.9. The topological polar surface area (TPSA) is 66.5 Å². The fourth-order valence-electron chi connectivity index (χ4n) is 1.90. The van der Waals surface area contributed by atoms with Crippen molar-refractivity contribution in [3.63, 3.8) is 0 Å². The van der Waals surface area contributed by atoms with Gasteiger partial charge in [-0.15, -0.1) is 0 Å². The van der Waals surface area contributed by atoms with Gasteiger partial charge in [-0.2, -0.15) is 4.31 Å². The normalized spacial score (nSPS) is 11.6. The van der Waals surface area contributed by atoms with Crippen LogP contribution in [0.5, 0.6) is 0 Å². The number of halogens is 1. The number of amides is 1. The van der Waals surface area contributed by atoms with Gasteiger partial charge in [0.15, 0.2) is 0 Å². The first-order valence-electron chi connectivity index (χ1n) is 6.91. The predicted octanol–water partition coefficient (Wildman–Crippen LogP) is 2.83. The number of sulfonamides is 1. The van der Waals surface area contributed by atoms with E-state index in [1.165, 1.54) is 16.4 Å². The minimum atomic E-state index is -3.46. The number of nitrogens with one attached hydrogen (secondary N) is 1. The van der Waals surface area contributed by atoms with Crippen molar-refractivity contribution in [2.75, 3.05) is 23.7 Å². The summed E-state index contributed by atoms with van der Waals surface area (Å²) in [5, 5.41) is 2.86. The predicted molar refractivity (Wildman–Crippen MR) is 88.2 cm³/mol. The molecule has 0 unspecified atom stereocenters. The maximum Gasteiger partial charge on any atom is 0.243 e. The molecule has 1 amide bonds. The first-order chi connectivity index (χ1) is 9.95. The Morgan fingerprint density at radius 3 is 2.10 bits per heavy atom. The third-order valence-electron chi connectivity index (χ3n) is 2.84. The molecule has 118 valence electrons. The van der Waals surface area contributed by atoms with Crippen LogP contribution in [0.25, 0.3) is 0 Å². The molecular formula is C14H21BrN2O3S. The van der Waals surface area contributed by atoms with E-state index in [0.29, 0.717) is 18.8 Å². The van der Waals surface area contributed by atoms with E-state index in [9.17, 15) is 13.2 Å². The Bertz CT molecular complexity index is 552. The number of carbonyl (C=O) groups excluding carboxylic acids is 1. The molecule has 0 fully saturated rings. The molecule has 0 radical (unpaired) electrons. The SMILES string of the molecule is CCCN(CCC)S(=O)(=O)c1ccc(NC(=O)CBr)cc1. The number of benzene rings is 1. The average molecular weight is 377 g/mol. The number of nitrogens with zero attached hydrogens (tertiary/aromatic N) is 1. The van der Waals surface area contributed by atoms with Gasteiger partial charge in [0, 0.05) is 18.8 Å². The molecule has 0 aliphatic heterocycles. The largest absolute Gasteiger partial charge is 0.325 e. The van der Waals surface area contributed by atoms with E-state index < -0.39 is 10.0 Å². The van der Waals surface area contributed by atoms with Gasteiger partial charge in [0.05, 0.1) is 10.2 Å². The first-order valence-corrected chi connectivity index (χ1v) is 9.47. The molecule has 1 N–H and O–H groups in total. The van der Waals surface area contributed by atoms with Crippen LogP contribution in [0.2, 0.25) is 0 Å². The van der Waals surface area contributed by atoms with E-state index >= 15 is 0 Å². The summed E-state index contributed by atoms with van der Waals surface area (Å²) in [6.45, 7) is 4.94. The van der Waals surface area contributed by atoms with Crippen LogP contribution in [0.4, 0.5) is 5.69 Å². The molecule has 0 heterocycles. The van der Waals surface area contributed by atoms with Crippen molar-refractivity contribution >= 4 is 37.5 Å². The molecule has 0 aliphatic rings. The highest BCUT2D eigenvalue weighted by Crippen LogP contribution is 2.19. The minimum Gasteiger partial charge on any atom is -0.325 e. The summed E-state index contributed by atoms with van der Waals surface area (Å²) < 4.78 is 26.6. The Morgan fingerprint density at radius 1 is 1.14 bits per heavy atom. The van der Waals surface area contributed by atoms with Gasteiger partial charge in [-0.3, -0.25) is 4.79 Å². The second-order valence-electron chi connectivity index (χ2n) is 4.61. The van der Waals surface area contributed by atoms with Crippen LogP contribution in [0.3, 0.4) is 0 Å². The molecule has 0 aliphatic carbocycles. The standard InChI is InChI=1S/C14H21BrN2O3S/c1-3-9-17(10-4-2)21(19,20)13-7-5-12(6-8-13)16-14(18)11-15/h5-8H,3-4,9-11H2,1-2H3,(H,16,18). The molecule has 1 rings (SSSR count). The molecular weight excluding hydrogens is 356 g/mol. The number of hydrogen-bond donors (Lipinski definition) is 1.